The van der Waals surface area contributed by atoms with Gasteiger partial charge in [0.05, 0.1) is 29.4 Å². The summed E-state index contributed by atoms with van der Waals surface area (Å²) in [6.45, 7) is 10.1. The summed E-state index contributed by atoms with van der Waals surface area (Å²) in [5.41, 5.74) is 6.66. The maximum Gasteiger partial charge on any atom is 0.177 e. The van der Waals surface area contributed by atoms with Gasteiger partial charge < -0.3 is 20.1 Å². The Kier molecular flexibility index (Phi) is 5.11. The van der Waals surface area contributed by atoms with E-state index in [-0.39, 0.29) is 18.0 Å². The first-order chi connectivity index (χ1) is 9.93. The van der Waals surface area contributed by atoms with E-state index in [1.165, 1.54) is 11.3 Å². The molecule has 1 fully saturated rings. The van der Waals surface area contributed by atoms with Crippen molar-refractivity contribution >= 4 is 27.8 Å². The van der Waals surface area contributed by atoms with Crippen LogP contribution >= 0.6 is 11.3 Å². The van der Waals surface area contributed by atoms with E-state index >= 15 is 0 Å². The molecule has 6 heteroatoms. The summed E-state index contributed by atoms with van der Waals surface area (Å²) in [5, 5.41) is 0.952. The Morgan fingerprint density at radius 3 is 2.86 bits per heavy atom. The molecule has 1 aliphatic rings. The molecule has 0 radical (unpaired) electrons. The predicted molar refractivity (Wildman–Crippen MR) is 86.7 cm³/mol. The van der Waals surface area contributed by atoms with Crippen molar-refractivity contribution in [3.63, 3.8) is 0 Å². The lowest BCUT2D eigenvalue weighted by molar-refractivity contribution is 0.0532. The Hall–Kier alpha value is -1.27. The van der Waals surface area contributed by atoms with Crippen molar-refractivity contribution in [2.75, 3.05) is 30.3 Å². The van der Waals surface area contributed by atoms with Gasteiger partial charge in [-0.3, -0.25) is 4.79 Å². The van der Waals surface area contributed by atoms with Crippen LogP contribution in [0.15, 0.2) is 0 Å². The number of Topliss-reactive ketones (excluding diaryl/α,β-unsaturated/α-hetero) is 1. The fourth-order valence-corrected chi connectivity index (χ4v) is 3.54. The second kappa shape index (κ2) is 6.66. The molecule has 1 unspecified atom stereocenters. The second-order valence-corrected chi connectivity index (χ2v) is 6.55. The molecule has 5 nitrogen and oxygen atoms in total. The van der Waals surface area contributed by atoms with Crippen LogP contribution in [-0.4, -0.2) is 37.7 Å². The Morgan fingerprint density at radius 2 is 2.29 bits per heavy atom. The maximum atomic E-state index is 12.1. The summed E-state index contributed by atoms with van der Waals surface area (Å²) >= 11 is 1.44. The molecule has 0 saturated carbocycles. The summed E-state index contributed by atoms with van der Waals surface area (Å²) in [6.07, 6.45) is 0.633. The number of carbonyl (C=O) groups is 1. The number of rotatable bonds is 5. The van der Waals surface area contributed by atoms with E-state index in [2.05, 4.69) is 4.90 Å². The third kappa shape index (κ3) is 3.49. The molecule has 0 bridgehead atoms. The van der Waals surface area contributed by atoms with Gasteiger partial charge in [0.25, 0.3) is 0 Å². The summed E-state index contributed by atoms with van der Waals surface area (Å²) in [6, 6.07) is 0. The number of morpholine rings is 1. The second-order valence-electron chi connectivity index (χ2n) is 5.55. The normalized spacial score (nSPS) is 19.1. The van der Waals surface area contributed by atoms with Crippen LogP contribution in [0.5, 0.6) is 5.75 Å². The highest BCUT2D eigenvalue weighted by Gasteiger charge is 2.28. The van der Waals surface area contributed by atoms with Crippen LogP contribution in [0.25, 0.3) is 0 Å². The Labute approximate surface area is 130 Å². The number of thiophene rings is 1. The van der Waals surface area contributed by atoms with Gasteiger partial charge in [-0.2, -0.15) is 0 Å². The molecule has 1 atom stereocenters. The highest BCUT2D eigenvalue weighted by molar-refractivity contribution is 7.19. The average molecular weight is 312 g/mol. The van der Waals surface area contributed by atoms with Crippen molar-refractivity contribution < 1.29 is 14.3 Å². The lowest BCUT2D eigenvalue weighted by atomic mass is 10.2. The molecular weight excluding hydrogens is 288 g/mol. The molecule has 2 heterocycles. The fraction of sp³-hybridized carbons (Fsp3) is 0.667. The van der Waals surface area contributed by atoms with Crippen LogP contribution in [0.3, 0.4) is 0 Å². The van der Waals surface area contributed by atoms with Gasteiger partial charge in [0.15, 0.2) is 11.5 Å². The molecule has 2 rings (SSSR count). The predicted octanol–water partition coefficient (Wildman–Crippen LogP) is 2.94. The largest absolute Gasteiger partial charge is 0.486 e. The van der Waals surface area contributed by atoms with Crippen molar-refractivity contribution in [2.24, 2.45) is 0 Å². The molecule has 0 aliphatic carbocycles. The molecule has 0 amide bonds. The number of nitrogen functional groups attached to an aromatic ring is 1. The number of hydrogen-bond acceptors (Lipinski definition) is 6. The van der Waals surface area contributed by atoms with E-state index < -0.39 is 0 Å². The summed E-state index contributed by atoms with van der Waals surface area (Å²) < 4.78 is 11.5. The summed E-state index contributed by atoms with van der Waals surface area (Å²) in [7, 11) is 0. The Morgan fingerprint density at radius 1 is 1.57 bits per heavy atom. The van der Waals surface area contributed by atoms with Crippen LogP contribution in [0.4, 0.5) is 10.7 Å². The van der Waals surface area contributed by atoms with Gasteiger partial charge in [-0.05, 0) is 20.8 Å². The first kappa shape index (κ1) is 16.1. The van der Waals surface area contributed by atoms with E-state index in [0.717, 1.165) is 18.1 Å². The number of hydrogen-bond donors (Lipinski definition) is 1. The molecule has 1 aromatic heterocycles. The van der Waals surface area contributed by atoms with E-state index in [0.29, 0.717) is 29.3 Å². The molecule has 0 spiro atoms. The third-order valence-electron chi connectivity index (χ3n) is 3.34. The first-order valence-corrected chi connectivity index (χ1v) is 8.24. The van der Waals surface area contributed by atoms with Crippen LogP contribution in [-0.2, 0) is 4.74 Å². The molecule has 1 aromatic rings. The minimum absolute atomic E-state index is 0.0173. The van der Waals surface area contributed by atoms with Gasteiger partial charge in [-0.1, -0.05) is 6.92 Å². The van der Waals surface area contributed by atoms with Crippen LogP contribution in [0.1, 0.15) is 43.8 Å². The van der Waals surface area contributed by atoms with Gasteiger partial charge in [0.1, 0.15) is 5.00 Å². The highest BCUT2D eigenvalue weighted by atomic mass is 32.1. The topological polar surface area (TPSA) is 64.8 Å². The van der Waals surface area contributed by atoms with E-state index in [1.54, 1.807) is 0 Å². The number of carbonyl (C=O) groups excluding carboxylic acids is 1. The van der Waals surface area contributed by atoms with Crippen molar-refractivity contribution in [1.82, 2.24) is 0 Å². The summed E-state index contributed by atoms with van der Waals surface area (Å²) in [4.78, 5) is 14.9. The molecule has 2 N–H and O–H groups in total. The smallest absolute Gasteiger partial charge is 0.177 e. The van der Waals surface area contributed by atoms with Gasteiger partial charge in [0, 0.05) is 19.5 Å². The summed E-state index contributed by atoms with van der Waals surface area (Å²) in [5.74, 6) is 0.722. The standard InChI is InChI=1S/C15H24N2O3S/c1-5-11(18)14-12(16)13(20-9(2)3)15(21-14)17-6-7-19-10(4)8-17/h9-10H,5-8,16H2,1-4H3. The molecular formula is C15H24N2O3S. The molecule has 21 heavy (non-hydrogen) atoms. The quantitative estimate of drug-likeness (QED) is 0.847. The number of anilines is 2. The molecule has 0 aromatic carbocycles. The number of nitrogens with zero attached hydrogens (tertiary/aromatic N) is 1. The van der Waals surface area contributed by atoms with Crippen LogP contribution in [0, 0.1) is 0 Å². The SMILES string of the molecule is CCC(=O)c1sc(N2CCOC(C)C2)c(OC(C)C)c1N. The Bertz CT molecular complexity index is 513. The Balaban J connectivity index is 2.39. The number of ether oxygens (including phenoxy) is 2. The van der Waals surface area contributed by atoms with Crippen LogP contribution < -0.4 is 15.4 Å². The van der Waals surface area contributed by atoms with E-state index in [1.807, 2.05) is 27.7 Å². The molecule has 1 aliphatic heterocycles. The zero-order valence-electron chi connectivity index (χ0n) is 13.1. The van der Waals surface area contributed by atoms with Crippen LogP contribution in [0.2, 0.25) is 0 Å². The average Bonchev–Trinajstić information content (AvgIpc) is 2.75. The van der Waals surface area contributed by atoms with Crippen molar-refractivity contribution in [3.05, 3.63) is 4.88 Å². The third-order valence-corrected chi connectivity index (χ3v) is 4.63. The minimum atomic E-state index is 0.0173. The molecule has 118 valence electrons. The van der Waals surface area contributed by atoms with Crippen molar-refractivity contribution in [1.29, 1.82) is 0 Å². The van der Waals surface area contributed by atoms with Gasteiger partial charge in [-0.25, -0.2) is 0 Å². The zero-order valence-corrected chi connectivity index (χ0v) is 14.0. The van der Waals surface area contributed by atoms with E-state index in [4.69, 9.17) is 15.2 Å². The zero-order chi connectivity index (χ0) is 15.6. The molecule has 1 saturated heterocycles. The highest BCUT2D eigenvalue weighted by Crippen LogP contribution is 2.46. The fourth-order valence-electron chi connectivity index (χ4n) is 2.34. The van der Waals surface area contributed by atoms with Crippen molar-refractivity contribution in [2.45, 2.75) is 46.3 Å². The lowest BCUT2D eigenvalue weighted by Gasteiger charge is -2.32. The van der Waals surface area contributed by atoms with Gasteiger partial charge >= 0.3 is 0 Å². The van der Waals surface area contributed by atoms with Gasteiger partial charge in [0.2, 0.25) is 0 Å². The first-order valence-electron chi connectivity index (χ1n) is 7.42. The maximum absolute atomic E-state index is 12.1. The minimum Gasteiger partial charge on any atom is -0.486 e. The van der Waals surface area contributed by atoms with E-state index in [9.17, 15) is 4.79 Å². The number of nitrogens with two attached hydrogens (primary N) is 1. The lowest BCUT2D eigenvalue weighted by Crippen LogP contribution is -2.40. The van der Waals surface area contributed by atoms with Gasteiger partial charge in [-0.15, -0.1) is 11.3 Å². The number of ketones is 1. The monoisotopic (exact) mass is 312 g/mol. The van der Waals surface area contributed by atoms with Crippen molar-refractivity contribution in [3.8, 4) is 5.75 Å².